The first-order valence-corrected chi connectivity index (χ1v) is 3.17. The van der Waals surface area contributed by atoms with Crippen molar-refractivity contribution in [2.24, 2.45) is 5.73 Å². The number of halogens is 1. The van der Waals surface area contributed by atoms with Crippen LogP contribution in [-0.2, 0) is 0 Å². The zero-order chi connectivity index (χ0) is 8.43. The van der Waals surface area contributed by atoms with Gasteiger partial charge < -0.3 is 10.7 Å². The highest BCUT2D eigenvalue weighted by atomic mass is 35.5. The van der Waals surface area contributed by atoms with Crippen molar-refractivity contribution in [3.63, 3.8) is 0 Å². The van der Waals surface area contributed by atoms with Gasteiger partial charge in [0.1, 0.15) is 10.7 Å². The molecule has 1 amide bonds. The number of primary amides is 1. The molecule has 0 spiro atoms. The van der Waals surface area contributed by atoms with E-state index in [0.29, 0.717) is 0 Å². The summed E-state index contributed by atoms with van der Waals surface area (Å²) in [5, 5.41) is 0.181. The van der Waals surface area contributed by atoms with Gasteiger partial charge in [-0.1, -0.05) is 11.6 Å². The average molecular weight is 173 g/mol. The molecule has 0 bridgehead atoms. The van der Waals surface area contributed by atoms with Gasteiger partial charge in [0.2, 0.25) is 0 Å². The van der Waals surface area contributed by atoms with Crippen LogP contribution in [0.15, 0.2) is 16.9 Å². The van der Waals surface area contributed by atoms with Crippen LogP contribution in [0.4, 0.5) is 0 Å². The van der Waals surface area contributed by atoms with Crippen molar-refractivity contribution in [3.05, 3.63) is 33.2 Å². The monoisotopic (exact) mass is 172 g/mol. The van der Waals surface area contributed by atoms with Crippen LogP contribution in [0.1, 0.15) is 10.4 Å². The predicted octanol–water partition coefficient (Wildman–Crippen LogP) is 0.127. The molecule has 4 nitrogen and oxygen atoms in total. The molecule has 0 fully saturated rings. The molecule has 11 heavy (non-hydrogen) atoms. The van der Waals surface area contributed by atoms with Crippen molar-refractivity contribution in [2.45, 2.75) is 0 Å². The van der Waals surface area contributed by atoms with E-state index >= 15 is 0 Å². The summed E-state index contributed by atoms with van der Waals surface area (Å²) in [6.07, 6.45) is 0. The number of hydrogen-bond acceptors (Lipinski definition) is 2. The Hall–Kier alpha value is -1.29. The highest BCUT2D eigenvalue weighted by Crippen LogP contribution is 1.99. The summed E-state index contributed by atoms with van der Waals surface area (Å²) in [5.74, 6) is -0.761. The van der Waals surface area contributed by atoms with Gasteiger partial charge in [-0.05, 0) is 12.1 Å². The van der Waals surface area contributed by atoms with Crippen LogP contribution in [0.2, 0.25) is 5.15 Å². The smallest absolute Gasteiger partial charge is 0.261 e. The maximum Gasteiger partial charge on any atom is 0.261 e. The summed E-state index contributed by atoms with van der Waals surface area (Å²) in [6, 6.07) is 2.67. The maximum absolute atomic E-state index is 10.8. The van der Waals surface area contributed by atoms with Crippen LogP contribution >= 0.6 is 11.6 Å². The van der Waals surface area contributed by atoms with Crippen molar-refractivity contribution < 1.29 is 4.79 Å². The molecule has 0 aromatic carbocycles. The number of hydrogen-bond donors (Lipinski definition) is 2. The number of pyridine rings is 1. The van der Waals surface area contributed by atoms with Gasteiger partial charge in [-0.25, -0.2) is 0 Å². The largest absolute Gasteiger partial charge is 0.365 e. The van der Waals surface area contributed by atoms with Gasteiger partial charge in [-0.3, -0.25) is 9.59 Å². The first kappa shape index (κ1) is 7.81. The van der Waals surface area contributed by atoms with Crippen LogP contribution in [-0.4, -0.2) is 10.9 Å². The second kappa shape index (κ2) is 2.75. The highest BCUT2D eigenvalue weighted by Gasteiger charge is 2.04. The summed E-state index contributed by atoms with van der Waals surface area (Å²) in [7, 11) is 0. The number of aromatic amines is 1. The number of nitrogens with one attached hydrogen (secondary N) is 1. The van der Waals surface area contributed by atoms with Crippen LogP contribution in [0, 0.1) is 0 Å². The van der Waals surface area contributed by atoms with Crippen LogP contribution in [0.5, 0.6) is 0 Å². The Bertz CT molecular complexity index is 345. The SMILES string of the molecule is NC(=O)c1ccc(Cl)[nH]c1=O. The molecule has 0 aliphatic rings. The van der Waals surface area contributed by atoms with E-state index in [4.69, 9.17) is 17.3 Å². The standard InChI is InChI=1S/C6H5ClN2O2/c7-4-2-1-3(5(8)10)6(11)9-4/h1-2H,(H2,8,10)(H,9,11). The molecule has 1 aromatic heterocycles. The molecular weight excluding hydrogens is 168 g/mol. The van der Waals surface area contributed by atoms with Crippen molar-refractivity contribution >= 4 is 17.5 Å². The number of carbonyl (C=O) groups is 1. The first-order valence-electron chi connectivity index (χ1n) is 2.80. The summed E-state index contributed by atoms with van der Waals surface area (Å²) in [5.41, 5.74) is 4.21. The van der Waals surface area contributed by atoms with Gasteiger partial charge in [0.15, 0.2) is 0 Å². The molecule has 5 heteroatoms. The Morgan fingerprint density at radius 1 is 1.55 bits per heavy atom. The normalized spacial score (nSPS) is 9.55. The Balaban J connectivity index is 3.32. The van der Waals surface area contributed by atoms with Gasteiger partial charge in [0.05, 0.1) is 0 Å². The molecule has 0 aliphatic carbocycles. The molecule has 1 rings (SSSR count). The molecule has 0 aliphatic heterocycles. The lowest BCUT2D eigenvalue weighted by molar-refractivity contribution is 0.0999. The van der Waals surface area contributed by atoms with E-state index in [1.54, 1.807) is 0 Å². The minimum Gasteiger partial charge on any atom is -0.365 e. The lowest BCUT2D eigenvalue weighted by Gasteiger charge is -1.92. The van der Waals surface area contributed by atoms with Gasteiger partial charge in [0.25, 0.3) is 11.5 Å². The molecule has 0 unspecified atom stereocenters. The highest BCUT2D eigenvalue weighted by molar-refractivity contribution is 6.29. The van der Waals surface area contributed by atoms with Crippen LogP contribution in [0.25, 0.3) is 0 Å². The molecule has 0 saturated carbocycles. The number of amides is 1. The Labute approximate surface area is 67.0 Å². The number of nitrogens with two attached hydrogens (primary N) is 1. The third-order valence-corrected chi connectivity index (χ3v) is 1.36. The molecule has 0 atom stereocenters. The lowest BCUT2D eigenvalue weighted by atomic mass is 10.3. The van der Waals surface area contributed by atoms with Crippen LogP contribution < -0.4 is 11.3 Å². The molecular formula is C6H5ClN2O2. The van der Waals surface area contributed by atoms with E-state index in [-0.39, 0.29) is 10.7 Å². The van der Waals surface area contributed by atoms with E-state index in [1.807, 2.05) is 0 Å². The van der Waals surface area contributed by atoms with E-state index < -0.39 is 11.5 Å². The maximum atomic E-state index is 10.8. The minimum absolute atomic E-state index is 0.0885. The van der Waals surface area contributed by atoms with Crippen molar-refractivity contribution in [1.29, 1.82) is 0 Å². The van der Waals surface area contributed by atoms with Gasteiger partial charge in [-0.15, -0.1) is 0 Å². The first-order chi connectivity index (χ1) is 5.11. The summed E-state index contributed by atoms with van der Waals surface area (Å²) in [4.78, 5) is 23.6. The number of rotatable bonds is 1. The van der Waals surface area contributed by atoms with Gasteiger partial charge in [-0.2, -0.15) is 0 Å². The van der Waals surface area contributed by atoms with Crippen molar-refractivity contribution in [1.82, 2.24) is 4.98 Å². The second-order valence-corrected chi connectivity index (χ2v) is 2.32. The van der Waals surface area contributed by atoms with Crippen molar-refractivity contribution in [2.75, 3.05) is 0 Å². The number of aromatic nitrogens is 1. The Morgan fingerprint density at radius 2 is 2.18 bits per heavy atom. The fourth-order valence-electron chi connectivity index (χ4n) is 0.644. The lowest BCUT2D eigenvalue weighted by Crippen LogP contribution is -2.22. The average Bonchev–Trinajstić information content (AvgIpc) is 1.85. The van der Waals surface area contributed by atoms with Gasteiger partial charge in [0, 0.05) is 0 Å². The van der Waals surface area contributed by atoms with E-state index in [1.165, 1.54) is 12.1 Å². The topological polar surface area (TPSA) is 76.0 Å². The molecule has 3 N–H and O–H groups in total. The fraction of sp³-hybridized carbons (Fsp3) is 0. The third-order valence-electron chi connectivity index (χ3n) is 1.14. The van der Waals surface area contributed by atoms with Gasteiger partial charge >= 0.3 is 0 Å². The quantitative estimate of drug-likeness (QED) is 0.591. The summed E-state index contributed by atoms with van der Waals surface area (Å²) < 4.78 is 0. The number of H-pyrrole nitrogens is 1. The molecule has 0 saturated heterocycles. The Morgan fingerprint density at radius 3 is 2.64 bits per heavy atom. The van der Waals surface area contributed by atoms with E-state index in [0.717, 1.165) is 0 Å². The van der Waals surface area contributed by atoms with E-state index in [9.17, 15) is 9.59 Å². The molecule has 0 radical (unpaired) electrons. The fourth-order valence-corrected chi connectivity index (χ4v) is 0.792. The summed E-state index contributed by atoms with van der Waals surface area (Å²) in [6.45, 7) is 0. The molecule has 1 aromatic rings. The predicted molar refractivity (Wildman–Crippen MR) is 40.6 cm³/mol. The molecule has 1 heterocycles. The number of carbonyl (C=O) groups excluding carboxylic acids is 1. The van der Waals surface area contributed by atoms with Crippen LogP contribution in [0.3, 0.4) is 0 Å². The third kappa shape index (κ3) is 1.59. The zero-order valence-corrected chi connectivity index (χ0v) is 6.18. The van der Waals surface area contributed by atoms with Crippen molar-refractivity contribution in [3.8, 4) is 0 Å². The zero-order valence-electron chi connectivity index (χ0n) is 5.43. The summed E-state index contributed by atoms with van der Waals surface area (Å²) >= 11 is 5.41. The minimum atomic E-state index is -0.761. The molecule has 58 valence electrons. The Kier molecular flexibility index (Phi) is 1.96. The second-order valence-electron chi connectivity index (χ2n) is 1.91. The van der Waals surface area contributed by atoms with E-state index in [2.05, 4.69) is 4.98 Å².